The van der Waals surface area contributed by atoms with Crippen molar-refractivity contribution in [3.8, 4) is 0 Å². The lowest BCUT2D eigenvalue weighted by molar-refractivity contribution is 0.0658. The van der Waals surface area contributed by atoms with E-state index in [1.54, 1.807) is 12.1 Å². The first-order valence-electron chi connectivity index (χ1n) is 5.99. The van der Waals surface area contributed by atoms with Gasteiger partial charge in [-0.2, -0.15) is 0 Å². The topological polar surface area (TPSA) is 84.6 Å². The number of benzene rings is 1. The summed E-state index contributed by atoms with van der Waals surface area (Å²) in [5, 5.41) is 12.3. The van der Waals surface area contributed by atoms with E-state index in [1.807, 2.05) is 0 Å². The van der Waals surface area contributed by atoms with Crippen molar-refractivity contribution in [2.75, 3.05) is 24.3 Å². The van der Waals surface area contributed by atoms with Gasteiger partial charge in [0.25, 0.3) is 0 Å². The molecule has 0 atom stereocenters. The number of nitrogen functional groups attached to an aromatic ring is 1. The molecule has 98 valence electrons. The van der Waals surface area contributed by atoms with Crippen molar-refractivity contribution in [2.24, 2.45) is 0 Å². The molecule has 2 rings (SSSR count). The normalized spacial score (nSPS) is 18.3. The molecule has 0 aromatic heterocycles. The van der Waals surface area contributed by atoms with Crippen molar-refractivity contribution < 1.29 is 14.6 Å². The maximum Gasteiger partial charge on any atom is 0.335 e. The molecule has 0 aliphatic carbocycles. The summed E-state index contributed by atoms with van der Waals surface area (Å²) >= 11 is 0. The van der Waals surface area contributed by atoms with Crippen LogP contribution in [0, 0.1) is 0 Å². The molecule has 0 saturated carbocycles. The maximum absolute atomic E-state index is 10.8. The average molecular weight is 250 g/mol. The monoisotopic (exact) mass is 250 g/mol. The number of carbonyl (C=O) groups is 1. The number of aromatic carboxylic acids is 1. The number of anilines is 2. The van der Waals surface area contributed by atoms with Crippen LogP contribution in [-0.4, -0.2) is 29.8 Å². The van der Waals surface area contributed by atoms with E-state index < -0.39 is 5.97 Å². The second-order valence-electron chi connectivity index (χ2n) is 4.91. The van der Waals surface area contributed by atoms with Gasteiger partial charge in [0, 0.05) is 18.8 Å². The molecule has 0 spiro atoms. The van der Waals surface area contributed by atoms with Gasteiger partial charge in [0.15, 0.2) is 0 Å². The Morgan fingerprint density at radius 1 is 1.44 bits per heavy atom. The first-order valence-corrected chi connectivity index (χ1v) is 5.99. The van der Waals surface area contributed by atoms with Crippen LogP contribution in [0.5, 0.6) is 0 Å². The van der Waals surface area contributed by atoms with Crippen LogP contribution in [0.4, 0.5) is 11.4 Å². The van der Waals surface area contributed by atoms with Crippen molar-refractivity contribution >= 4 is 17.3 Å². The Labute approximate surface area is 106 Å². The number of carboxylic acid groups (broad SMARTS) is 1. The molecule has 0 radical (unpaired) electrons. The van der Waals surface area contributed by atoms with Crippen molar-refractivity contribution in [3.05, 3.63) is 23.8 Å². The molecule has 1 fully saturated rings. The van der Waals surface area contributed by atoms with Crippen LogP contribution < -0.4 is 11.1 Å². The Morgan fingerprint density at radius 3 is 2.67 bits per heavy atom. The standard InChI is InChI=1S/C13H18N2O3/c1-13(4-6-18-7-5-13)15-11-3-2-9(12(16)17)8-10(11)14/h2-3,8,15H,4-7,14H2,1H3,(H,16,17). The lowest BCUT2D eigenvalue weighted by Gasteiger charge is -2.35. The van der Waals surface area contributed by atoms with E-state index in [9.17, 15) is 4.79 Å². The Morgan fingerprint density at radius 2 is 2.11 bits per heavy atom. The van der Waals surface area contributed by atoms with E-state index in [-0.39, 0.29) is 11.1 Å². The third kappa shape index (κ3) is 2.73. The largest absolute Gasteiger partial charge is 0.478 e. The van der Waals surface area contributed by atoms with Crippen molar-refractivity contribution in [1.29, 1.82) is 0 Å². The van der Waals surface area contributed by atoms with Crippen LogP contribution in [-0.2, 0) is 4.74 Å². The van der Waals surface area contributed by atoms with Crippen LogP contribution in [0.2, 0.25) is 0 Å². The first kappa shape index (κ1) is 12.7. The van der Waals surface area contributed by atoms with E-state index in [0.717, 1.165) is 31.7 Å². The van der Waals surface area contributed by atoms with Gasteiger partial charge in [-0.05, 0) is 38.0 Å². The van der Waals surface area contributed by atoms with Gasteiger partial charge >= 0.3 is 5.97 Å². The third-order valence-corrected chi connectivity index (χ3v) is 3.33. The molecule has 18 heavy (non-hydrogen) atoms. The average Bonchev–Trinajstić information content (AvgIpc) is 2.32. The Bertz CT molecular complexity index is 454. The minimum absolute atomic E-state index is 0.0445. The Kier molecular flexibility index (Phi) is 3.43. The molecule has 1 saturated heterocycles. The zero-order valence-corrected chi connectivity index (χ0v) is 10.4. The van der Waals surface area contributed by atoms with E-state index in [1.165, 1.54) is 6.07 Å². The zero-order chi connectivity index (χ0) is 13.2. The first-order chi connectivity index (χ1) is 8.50. The molecule has 0 amide bonds. The van der Waals surface area contributed by atoms with Gasteiger partial charge in [0.1, 0.15) is 0 Å². The van der Waals surface area contributed by atoms with Gasteiger partial charge < -0.3 is 20.9 Å². The molecule has 1 heterocycles. The molecular formula is C13H18N2O3. The minimum Gasteiger partial charge on any atom is -0.478 e. The summed E-state index contributed by atoms with van der Waals surface area (Å²) in [6.45, 7) is 3.59. The predicted molar refractivity (Wildman–Crippen MR) is 69.9 cm³/mol. The molecule has 4 N–H and O–H groups in total. The van der Waals surface area contributed by atoms with E-state index in [2.05, 4.69) is 12.2 Å². The smallest absolute Gasteiger partial charge is 0.335 e. The number of hydrogen-bond donors (Lipinski definition) is 3. The van der Waals surface area contributed by atoms with Crippen LogP contribution in [0.25, 0.3) is 0 Å². The highest BCUT2D eigenvalue weighted by Gasteiger charge is 2.27. The highest BCUT2D eigenvalue weighted by molar-refractivity contribution is 5.90. The molecule has 0 unspecified atom stereocenters. The predicted octanol–water partition coefficient (Wildman–Crippen LogP) is 1.95. The fraction of sp³-hybridized carbons (Fsp3) is 0.462. The van der Waals surface area contributed by atoms with Crippen LogP contribution in [0.15, 0.2) is 18.2 Å². The summed E-state index contributed by atoms with van der Waals surface area (Å²) in [4.78, 5) is 10.8. The summed E-state index contributed by atoms with van der Waals surface area (Å²) in [5.41, 5.74) is 7.28. The molecule has 0 bridgehead atoms. The third-order valence-electron chi connectivity index (χ3n) is 3.33. The number of carboxylic acids is 1. The van der Waals surface area contributed by atoms with E-state index >= 15 is 0 Å². The molecule has 5 nitrogen and oxygen atoms in total. The molecule has 1 aromatic rings. The Hall–Kier alpha value is -1.75. The lowest BCUT2D eigenvalue weighted by Crippen LogP contribution is -2.40. The highest BCUT2D eigenvalue weighted by atomic mass is 16.5. The zero-order valence-electron chi connectivity index (χ0n) is 10.4. The van der Waals surface area contributed by atoms with Crippen molar-refractivity contribution in [1.82, 2.24) is 0 Å². The van der Waals surface area contributed by atoms with Gasteiger partial charge in [-0.25, -0.2) is 4.79 Å². The number of hydrogen-bond acceptors (Lipinski definition) is 4. The SMILES string of the molecule is CC1(Nc2ccc(C(=O)O)cc2N)CCOCC1. The van der Waals surface area contributed by atoms with Gasteiger partial charge in [-0.3, -0.25) is 0 Å². The van der Waals surface area contributed by atoms with E-state index in [0.29, 0.717) is 5.69 Å². The molecule has 1 aliphatic heterocycles. The van der Waals surface area contributed by atoms with Crippen LogP contribution in [0.3, 0.4) is 0 Å². The van der Waals surface area contributed by atoms with Crippen molar-refractivity contribution in [3.63, 3.8) is 0 Å². The van der Waals surface area contributed by atoms with Crippen LogP contribution >= 0.6 is 0 Å². The van der Waals surface area contributed by atoms with Gasteiger partial charge in [-0.15, -0.1) is 0 Å². The van der Waals surface area contributed by atoms with Gasteiger partial charge in [-0.1, -0.05) is 0 Å². The summed E-state index contributed by atoms with van der Waals surface area (Å²) in [6.07, 6.45) is 1.82. The fourth-order valence-electron chi connectivity index (χ4n) is 2.08. The highest BCUT2D eigenvalue weighted by Crippen LogP contribution is 2.29. The fourth-order valence-corrected chi connectivity index (χ4v) is 2.08. The van der Waals surface area contributed by atoms with Crippen molar-refractivity contribution in [2.45, 2.75) is 25.3 Å². The molecule has 1 aliphatic rings. The quantitative estimate of drug-likeness (QED) is 0.714. The lowest BCUT2D eigenvalue weighted by atomic mass is 9.92. The van der Waals surface area contributed by atoms with Crippen LogP contribution in [0.1, 0.15) is 30.1 Å². The number of rotatable bonds is 3. The number of nitrogens with one attached hydrogen (secondary N) is 1. The van der Waals surface area contributed by atoms with Gasteiger partial charge in [0.2, 0.25) is 0 Å². The van der Waals surface area contributed by atoms with Gasteiger partial charge in [0.05, 0.1) is 16.9 Å². The summed E-state index contributed by atoms with van der Waals surface area (Å²) in [7, 11) is 0. The minimum atomic E-state index is -0.967. The Balaban J connectivity index is 2.16. The molecular weight excluding hydrogens is 232 g/mol. The molecule has 1 aromatic carbocycles. The second-order valence-corrected chi connectivity index (χ2v) is 4.91. The van der Waals surface area contributed by atoms with E-state index in [4.69, 9.17) is 15.6 Å². The summed E-state index contributed by atoms with van der Waals surface area (Å²) in [5.74, 6) is -0.967. The molecule has 5 heteroatoms. The second kappa shape index (κ2) is 4.86. The number of ether oxygens (including phenoxy) is 1. The number of nitrogens with two attached hydrogens (primary N) is 1. The summed E-state index contributed by atoms with van der Waals surface area (Å²) in [6, 6.07) is 4.76. The maximum atomic E-state index is 10.8. The summed E-state index contributed by atoms with van der Waals surface area (Å²) < 4.78 is 5.33.